The van der Waals surface area contributed by atoms with Gasteiger partial charge in [-0.25, -0.2) is 0 Å². The molecule has 0 spiro atoms. The highest BCUT2D eigenvalue weighted by atomic mass is 16.5. The summed E-state index contributed by atoms with van der Waals surface area (Å²) in [6.07, 6.45) is 5.74. The van der Waals surface area contributed by atoms with Gasteiger partial charge >= 0.3 is 0 Å². The quantitative estimate of drug-likeness (QED) is 0.835. The number of likely N-dealkylation sites (tertiary alicyclic amines) is 1. The van der Waals surface area contributed by atoms with Gasteiger partial charge in [-0.15, -0.1) is 0 Å². The van der Waals surface area contributed by atoms with Gasteiger partial charge in [-0.2, -0.15) is 0 Å². The van der Waals surface area contributed by atoms with Crippen molar-refractivity contribution in [3.63, 3.8) is 0 Å². The third-order valence-electron chi connectivity index (χ3n) is 4.07. The Labute approximate surface area is 124 Å². The van der Waals surface area contributed by atoms with Crippen LogP contribution < -0.4 is 10.9 Å². The van der Waals surface area contributed by atoms with Gasteiger partial charge in [-0.05, 0) is 24.5 Å². The van der Waals surface area contributed by atoms with Crippen LogP contribution in [-0.4, -0.2) is 48.1 Å². The highest BCUT2D eigenvalue weighted by molar-refractivity contribution is 5.79. The summed E-state index contributed by atoms with van der Waals surface area (Å²) in [6.45, 7) is 3.55. The molecular formula is C15H22N4O2. The van der Waals surface area contributed by atoms with Crippen LogP contribution in [0, 0.1) is 5.92 Å². The maximum absolute atomic E-state index is 12.4. The highest BCUT2D eigenvalue weighted by Crippen LogP contribution is 2.17. The number of ether oxygens (including phenoxy) is 1. The van der Waals surface area contributed by atoms with Crippen LogP contribution in [0.15, 0.2) is 24.5 Å². The Balaban J connectivity index is 1.49. The van der Waals surface area contributed by atoms with Gasteiger partial charge in [0.25, 0.3) is 0 Å². The number of amides is 1. The van der Waals surface area contributed by atoms with Crippen molar-refractivity contribution in [2.45, 2.75) is 25.6 Å². The summed E-state index contributed by atoms with van der Waals surface area (Å²) in [5, 5.41) is 0. The molecule has 0 radical (unpaired) electrons. The Hall–Kier alpha value is -1.50. The number of aromatic nitrogens is 1. The van der Waals surface area contributed by atoms with E-state index in [9.17, 15) is 4.79 Å². The lowest BCUT2D eigenvalue weighted by Gasteiger charge is -2.34. The number of hydrogen-bond donors (Lipinski definition) is 2. The van der Waals surface area contributed by atoms with E-state index in [2.05, 4.69) is 15.8 Å². The number of piperidine rings is 1. The zero-order valence-corrected chi connectivity index (χ0v) is 12.1. The molecule has 6 heteroatoms. The fourth-order valence-corrected chi connectivity index (χ4v) is 2.87. The lowest BCUT2D eigenvalue weighted by molar-refractivity contribution is -0.139. The summed E-state index contributed by atoms with van der Waals surface area (Å²) in [6, 6.07) is 3.92. The summed E-state index contributed by atoms with van der Waals surface area (Å²) in [7, 11) is 0. The van der Waals surface area contributed by atoms with Gasteiger partial charge < -0.3 is 9.64 Å². The molecule has 114 valence electrons. The van der Waals surface area contributed by atoms with Crippen molar-refractivity contribution < 1.29 is 9.53 Å². The third kappa shape index (κ3) is 3.78. The van der Waals surface area contributed by atoms with E-state index >= 15 is 0 Å². The molecule has 21 heavy (non-hydrogen) atoms. The molecule has 1 amide bonds. The number of carbonyl (C=O) groups excluding carboxylic acids is 1. The number of hydrazine groups is 1. The monoisotopic (exact) mass is 290 g/mol. The van der Waals surface area contributed by atoms with Crippen LogP contribution in [-0.2, 0) is 16.1 Å². The van der Waals surface area contributed by atoms with Crippen molar-refractivity contribution in [1.29, 1.82) is 0 Å². The van der Waals surface area contributed by atoms with Gasteiger partial charge in [-0.1, -0.05) is 6.07 Å². The minimum absolute atomic E-state index is 0.0575. The molecule has 1 atom stereocenters. The van der Waals surface area contributed by atoms with Gasteiger partial charge in [0, 0.05) is 38.6 Å². The van der Waals surface area contributed by atoms with E-state index in [1.807, 2.05) is 23.2 Å². The number of hydrogen-bond acceptors (Lipinski definition) is 5. The molecule has 3 rings (SSSR count). The minimum atomic E-state index is 0.0575. The number of carbonyl (C=O) groups is 1. The van der Waals surface area contributed by atoms with Crippen molar-refractivity contribution in [1.82, 2.24) is 20.7 Å². The van der Waals surface area contributed by atoms with E-state index in [1.165, 1.54) is 0 Å². The second-order valence-corrected chi connectivity index (χ2v) is 5.68. The summed E-state index contributed by atoms with van der Waals surface area (Å²) >= 11 is 0. The fourth-order valence-electron chi connectivity index (χ4n) is 2.87. The van der Waals surface area contributed by atoms with Gasteiger partial charge in [0.15, 0.2) is 0 Å². The molecule has 1 aromatic rings. The Morgan fingerprint density at radius 1 is 1.43 bits per heavy atom. The van der Waals surface area contributed by atoms with Crippen LogP contribution >= 0.6 is 0 Å². The Morgan fingerprint density at radius 3 is 3.05 bits per heavy atom. The van der Waals surface area contributed by atoms with E-state index in [0.29, 0.717) is 13.2 Å². The maximum Gasteiger partial charge on any atom is 0.228 e. The first-order chi connectivity index (χ1) is 10.3. The molecule has 1 aromatic heterocycles. The Morgan fingerprint density at radius 2 is 2.29 bits per heavy atom. The molecule has 2 N–H and O–H groups in total. The lowest BCUT2D eigenvalue weighted by atomic mass is 10.0. The van der Waals surface area contributed by atoms with E-state index < -0.39 is 0 Å². The van der Waals surface area contributed by atoms with Gasteiger partial charge in [0.05, 0.1) is 18.6 Å². The largest absolute Gasteiger partial charge is 0.372 e. The van der Waals surface area contributed by atoms with Crippen molar-refractivity contribution in [3.8, 4) is 0 Å². The first-order valence-corrected chi connectivity index (χ1v) is 7.58. The standard InChI is InChI=1S/C15H22N4O2/c20-15(13-8-17-18-9-13)19-6-2-4-14(10-19)21-11-12-3-1-5-16-7-12/h1,3,5,7,13-14,17-18H,2,4,6,8-11H2. The molecule has 2 saturated heterocycles. The number of nitrogens with one attached hydrogen (secondary N) is 2. The Kier molecular flexibility index (Phi) is 4.80. The molecule has 0 aromatic carbocycles. The van der Waals surface area contributed by atoms with Gasteiger partial charge in [-0.3, -0.25) is 20.6 Å². The number of pyridine rings is 1. The maximum atomic E-state index is 12.4. The highest BCUT2D eigenvalue weighted by Gasteiger charge is 2.30. The molecule has 2 aliphatic heterocycles. The smallest absolute Gasteiger partial charge is 0.228 e. The summed E-state index contributed by atoms with van der Waals surface area (Å²) in [5.41, 5.74) is 7.10. The number of nitrogens with zero attached hydrogens (tertiary/aromatic N) is 2. The van der Waals surface area contributed by atoms with Crippen LogP contribution in [0.5, 0.6) is 0 Å². The van der Waals surface area contributed by atoms with Crippen molar-refractivity contribution in [2.24, 2.45) is 5.92 Å². The van der Waals surface area contributed by atoms with Gasteiger partial charge in [0.1, 0.15) is 0 Å². The van der Waals surface area contributed by atoms with Crippen LogP contribution in [0.2, 0.25) is 0 Å². The van der Waals surface area contributed by atoms with Gasteiger partial charge in [0.2, 0.25) is 5.91 Å². The average Bonchev–Trinajstić information content (AvgIpc) is 3.08. The third-order valence-corrected chi connectivity index (χ3v) is 4.07. The molecule has 0 aliphatic carbocycles. The predicted octanol–water partition coefficient (Wildman–Crippen LogP) is 0.313. The van der Waals surface area contributed by atoms with E-state index in [1.54, 1.807) is 6.20 Å². The molecule has 2 aliphatic rings. The zero-order chi connectivity index (χ0) is 14.5. The lowest BCUT2D eigenvalue weighted by Crippen LogP contribution is -2.46. The molecule has 0 bridgehead atoms. The number of rotatable bonds is 4. The minimum Gasteiger partial charge on any atom is -0.372 e. The summed E-state index contributed by atoms with van der Waals surface area (Å²) in [5.74, 6) is 0.296. The first kappa shape index (κ1) is 14.4. The summed E-state index contributed by atoms with van der Waals surface area (Å²) in [4.78, 5) is 18.4. The SMILES string of the molecule is O=C(C1CNNC1)N1CCCC(OCc2cccnc2)C1. The van der Waals surface area contributed by atoms with Crippen LogP contribution in [0.4, 0.5) is 0 Å². The fraction of sp³-hybridized carbons (Fsp3) is 0.600. The first-order valence-electron chi connectivity index (χ1n) is 7.58. The van der Waals surface area contributed by atoms with Crippen LogP contribution in [0.25, 0.3) is 0 Å². The van der Waals surface area contributed by atoms with Crippen molar-refractivity contribution in [2.75, 3.05) is 26.2 Å². The second-order valence-electron chi connectivity index (χ2n) is 5.68. The van der Waals surface area contributed by atoms with E-state index in [-0.39, 0.29) is 17.9 Å². The van der Waals surface area contributed by atoms with Crippen LogP contribution in [0.3, 0.4) is 0 Å². The zero-order valence-electron chi connectivity index (χ0n) is 12.1. The molecule has 2 fully saturated rings. The predicted molar refractivity (Wildman–Crippen MR) is 78.1 cm³/mol. The van der Waals surface area contributed by atoms with Crippen molar-refractivity contribution in [3.05, 3.63) is 30.1 Å². The Bertz CT molecular complexity index is 462. The average molecular weight is 290 g/mol. The normalized spacial score (nSPS) is 23.4. The second kappa shape index (κ2) is 6.98. The van der Waals surface area contributed by atoms with E-state index in [0.717, 1.165) is 38.0 Å². The summed E-state index contributed by atoms with van der Waals surface area (Å²) < 4.78 is 5.95. The topological polar surface area (TPSA) is 66.5 Å². The molecule has 3 heterocycles. The van der Waals surface area contributed by atoms with E-state index in [4.69, 9.17) is 4.74 Å². The molecule has 1 unspecified atom stereocenters. The molecular weight excluding hydrogens is 268 g/mol. The van der Waals surface area contributed by atoms with Crippen LogP contribution in [0.1, 0.15) is 18.4 Å². The molecule has 6 nitrogen and oxygen atoms in total. The molecule has 0 saturated carbocycles. The van der Waals surface area contributed by atoms with Crippen molar-refractivity contribution >= 4 is 5.91 Å².